The molecule has 1 aliphatic heterocycles. The number of sulfonamides is 1. The fourth-order valence-corrected chi connectivity index (χ4v) is 4.34. The number of nitro benzene ring substituents is 1. The van der Waals surface area contributed by atoms with Crippen molar-refractivity contribution in [3.05, 3.63) is 58.1 Å². The van der Waals surface area contributed by atoms with Crippen LogP contribution in [0.2, 0.25) is 0 Å². The Labute approximate surface area is 160 Å². The zero-order chi connectivity index (χ0) is 20.5. The second kappa shape index (κ2) is 7.44. The Balaban J connectivity index is 1.70. The van der Waals surface area contributed by atoms with Crippen LogP contribution in [0.5, 0.6) is 11.5 Å². The van der Waals surface area contributed by atoms with Crippen LogP contribution in [-0.2, 0) is 10.0 Å². The van der Waals surface area contributed by atoms with Crippen molar-refractivity contribution in [2.75, 3.05) is 26.2 Å². The Hall–Kier alpha value is -3.18. The molecule has 0 unspecified atom stereocenters. The molecule has 1 saturated heterocycles. The van der Waals surface area contributed by atoms with E-state index >= 15 is 0 Å². The van der Waals surface area contributed by atoms with E-state index in [1.54, 1.807) is 0 Å². The monoisotopic (exact) mass is 407 g/mol. The summed E-state index contributed by atoms with van der Waals surface area (Å²) in [4.78, 5) is 24.0. The number of nitro groups is 1. The highest BCUT2D eigenvalue weighted by Gasteiger charge is 2.31. The zero-order valence-corrected chi connectivity index (χ0v) is 15.4. The number of benzene rings is 2. The SMILES string of the molecule is O=C(c1cc(O)cc(O)c1)N1CCN(S(=O)(=O)c2ccc([N+](=O)[O-])cc2)CC1. The summed E-state index contributed by atoms with van der Waals surface area (Å²) in [6.07, 6.45) is 0. The van der Waals surface area contributed by atoms with Gasteiger partial charge in [0.05, 0.1) is 9.82 Å². The fraction of sp³-hybridized carbons (Fsp3) is 0.235. The number of carbonyl (C=O) groups is 1. The maximum absolute atomic E-state index is 12.7. The summed E-state index contributed by atoms with van der Waals surface area (Å²) in [6, 6.07) is 8.17. The van der Waals surface area contributed by atoms with E-state index in [0.29, 0.717) is 0 Å². The molecule has 1 amide bonds. The molecule has 0 saturated carbocycles. The van der Waals surface area contributed by atoms with Crippen LogP contribution in [0.15, 0.2) is 47.4 Å². The van der Waals surface area contributed by atoms with E-state index in [-0.39, 0.29) is 53.8 Å². The number of amides is 1. The number of aromatic hydroxyl groups is 2. The largest absolute Gasteiger partial charge is 0.508 e. The van der Waals surface area contributed by atoms with Gasteiger partial charge < -0.3 is 15.1 Å². The lowest BCUT2D eigenvalue weighted by molar-refractivity contribution is -0.384. The highest BCUT2D eigenvalue weighted by atomic mass is 32.2. The number of nitrogens with zero attached hydrogens (tertiary/aromatic N) is 3. The summed E-state index contributed by atoms with van der Waals surface area (Å²) in [7, 11) is -3.84. The molecule has 148 valence electrons. The van der Waals surface area contributed by atoms with Crippen molar-refractivity contribution < 1.29 is 28.3 Å². The minimum Gasteiger partial charge on any atom is -0.508 e. The quantitative estimate of drug-likeness (QED) is 0.572. The van der Waals surface area contributed by atoms with Gasteiger partial charge in [0.25, 0.3) is 11.6 Å². The van der Waals surface area contributed by atoms with Gasteiger partial charge in [0, 0.05) is 49.9 Å². The van der Waals surface area contributed by atoms with Gasteiger partial charge in [-0.05, 0) is 24.3 Å². The van der Waals surface area contributed by atoms with Crippen LogP contribution in [0.1, 0.15) is 10.4 Å². The first kappa shape index (κ1) is 19.6. The van der Waals surface area contributed by atoms with Gasteiger partial charge in [-0.3, -0.25) is 14.9 Å². The van der Waals surface area contributed by atoms with E-state index in [4.69, 9.17) is 0 Å². The van der Waals surface area contributed by atoms with Crippen LogP contribution in [0.25, 0.3) is 0 Å². The molecule has 11 heteroatoms. The van der Waals surface area contributed by atoms with Crippen molar-refractivity contribution in [1.29, 1.82) is 0 Å². The molecule has 10 nitrogen and oxygen atoms in total. The van der Waals surface area contributed by atoms with Gasteiger partial charge in [0.2, 0.25) is 10.0 Å². The molecule has 0 aromatic heterocycles. The number of hydrogen-bond acceptors (Lipinski definition) is 7. The standard InChI is InChI=1S/C17H17N3O7S/c21-14-9-12(10-15(22)11-14)17(23)18-5-7-19(8-6-18)28(26,27)16-3-1-13(2-4-16)20(24)25/h1-4,9-11,21-22H,5-8H2. The minimum absolute atomic E-state index is 0.0514. The molecule has 1 aliphatic rings. The predicted molar refractivity (Wildman–Crippen MR) is 97.5 cm³/mol. The van der Waals surface area contributed by atoms with Gasteiger partial charge in [0.15, 0.2) is 0 Å². The summed E-state index contributed by atoms with van der Waals surface area (Å²) in [5.74, 6) is -0.927. The Morgan fingerprint density at radius 1 is 0.964 bits per heavy atom. The molecule has 0 atom stereocenters. The van der Waals surface area contributed by atoms with E-state index in [2.05, 4.69) is 0 Å². The Kier molecular flexibility index (Phi) is 5.21. The number of phenolic OH excluding ortho intramolecular Hbond substituents is 2. The van der Waals surface area contributed by atoms with E-state index in [0.717, 1.165) is 18.2 Å². The van der Waals surface area contributed by atoms with Crippen molar-refractivity contribution in [1.82, 2.24) is 9.21 Å². The number of hydrogen-bond donors (Lipinski definition) is 2. The third-order valence-corrected chi connectivity index (χ3v) is 6.27. The van der Waals surface area contributed by atoms with Crippen molar-refractivity contribution in [3.8, 4) is 11.5 Å². The highest BCUT2D eigenvalue weighted by molar-refractivity contribution is 7.89. The first-order chi connectivity index (χ1) is 13.2. The summed E-state index contributed by atoms with van der Waals surface area (Å²) < 4.78 is 26.6. The molecule has 2 N–H and O–H groups in total. The van der Waals surface area contributed by atoms with Crippen LogP contribution in [0, 0.1) is 10.1 Å². The first-order valence-corrected chi connectivity index (χ1v) is 9.69. The molecule has 0 bridgehead atoms. The van der Waals surface area contributed by atoms with Crippen LogP contribution in [0.3, 0.4) is 0 Å². The number of piperazine rings is 1. The second-order valence-electron chi connectivity index (χ2n) is 6.19. The molecule has 0 spiro atoms. The van der Waals surface area contributed by atoms with Crippen molar-refractivity contribution in [3.63, 3.8) is 0 Å². The smallest absolute Gasteiger partial charge is 0.269 e. The minimum atomic E-state index is -3.84. The van der Waals surface area contributed by atoms with E-state index in [9.17, 15) is 33.5 Å². The van der Waals surface area contributed by atoms with Gasteiger partial charge in [-0.25, -0.2) is 8.42 Å². The highest BCUT2D eigenvalue weighted by Crippen LogP contribution is 2.24. The topological polar surface area (TPSA) is 141 Å². The maximum Gasteiger partial charge on any atom is 0.269 e. The summed E-state index contributed by atoms with van der Waals surface area (Å²) in [6.45, 7) is 0.356. The molecule has 0 aliphatic carbocycles. The average molecular weight is 407 g/mol. The lowest BCUT2D eigenvalue weighted by Gasteiger charge is -2.34. The van der Waals surface area contributed by atoms with Crippen molar-refractivity contribution >= 4 is 21.6 Å². The molecule has 1 fully saturated rings. The lowest BCUT2D eigenvalue weighted by atomic mass is 10.1. The van der Waals surface area contributed by atoms with Crippen molar-refractivity contribution in [2.45, 2.75) is 4.90 Å². The molecule has 1 heterocycles. The lowest BCUT2D eigenvalue weighted by Crippen LogP contribution is -2.50. The molecule has 3 rings (SSSR count). The van der Waals surface area contributed by atoms with E-state index < -0.39 is 20.9 Å². The summed E-state index contributed by atoms with van der Waals surface area (Å²) in [5, 5.41) is 29.7. The number of non-ortho nitro benzene ring substituents is 1. The van der Waals surface area contributed by atoms with Gasteiger partial charge in [-0.2, -0.15) is 4.31 Å². The van der Waals surface area contributed by atoms with Gasteiger partial charge >= 0.3 is 0 Å². The van der Waals surface area contributed by atoms with Crippen LogP contribution < -0.4 is 0 Å². The van der Waals surface area contributed by atoms with E-state index in [1.165, 1.54) is 33.5 Å². The Morgan fingerprint density at radius 3 is 2.00 bits per heavy atom. The van der Waals surface area contributed by atoms with E-state index in [1.807, 2.05) is 0 Å². The zero-order valence-electron chi connectivity index (χ0n) is 14.6. The van der Waals surface area contributed by atoms with Gasteiger partial charge in [0.1, 0.15) is 11.5 Å². The van der Waals surface area contributed by atoms with Crippen LogP contribution in [-0.4, -0.2) is 64.8 Å². The normalized spacial score (nSPS) is 15.4. The average Bonchev–Trinajstić information content (AvgIpc) is 2.67. The number of carbonyl (C=O) groups excluding carboxylic acids is 1. The fourth-order valence-electron chi connectivity index (χ4n) is 2.92. The number of rotatable bonds is 4. The summed E-state index contributed by atoms with van der Waals surface area (Å²) >= 11 is 0. The molecular formula is C17H17N3O7S. The van der Waals surface area contributed by atoms with Crippen LogP contribution >= 0.6 is 0 Å². The number of phenols is 2. The molecular weight excluding hydrogens is 390 g/mol. The first-order valence-electron chi connectivity index (χ1n) is 8.25. The third-order valence-electron chi connectivity index (χ3n) is 4.36. The van der Waals surface area contributed by atoms with Gasteiger partial charge in [-0.1, -0.05) is 0 Å². The summed E-state index contributed by atoms with van der Waals surface area (Å²) in [5.41, 5.74) is -0.104. The molecule has 2 aromatic carbocycles. The Morgan fingerprint density at radius 2 is 1.50 bits per heavy atom. The molecule has 28 heavy (non-hydrogen) atoms. The molecule has 2 aromatic rings. The third kappa shape index (κ3) is 3.89. The van der Waals surface area contributed by atoms with Crippen molar-refractivity contribution in [2.24, 2.45) is 0 Å². The van der Waals surface area contributed by atoms with Gasteiger partial charge in [-0.15, -0.1) is 0 Å². The molecule has 0 radical (unpaired) electrons. The maximum atomic E-state index is 12.7. The second-order valence-corrected chi connectivity index (χ2v) is 8.12. The predicted octanol–water partition coefficient (Wildman–Crippen LogP) is 1.15. The van der Waals surface area contributed by atoms with Crippen LogP contribution in [0.4, 0.5) is 5.69 Å². The Bertz CT molecular complexity index is 993.